The molecular formula is C17H23BrN4O2. The maximum Gasteiger partial charge on any atom is 0.410 e. The van der Waals surface area contributed by atoms with Gasteiger partial charge >= 0.3 is 6.09 Å². The van der Waals surface area contributed by atoms with E-state index in [9.17, 15) is 4.79 Å². The van der Waals surface area contributed by atoms with Crippen molar-refractivity contribution >= 4 is 38.7 Å². The van der Waals surface area contributed by atoms with Gasteiger partial charge in [0.1, 0.15) is 5.60 Å². The molecule has 3 rings (SSSR count). The lowest BCUT2D eigenvalue weighted by atomic mass is 10.1. The lowest BCUT2D eigenvalue weighted by Crippen LogP contribution is -2.44. The van der Waals surface area contributed by atoms with Gasteiger partial charge in [0.05, 0.1) is 5.52 Å². The molecule has 1 aliphatic heterocycles. The number of anilines is 1. The predicted octanol–water partition coefficient (Wildman–Crippen LogP) is 4.14. The summed E-state index contributed by atoms with van der Waals surface area (Å²) < 4.78 is 6.46. The molecule has 2 N–H and O–H groups in total. The van der Waals surface area contributed by atoms with E-state index in [1.807, 2.05) is 39.0 Å². The first-order chi connectivity index (χ1) is 11.3. The number of fused-ring (bicyclic) bond motifs is 1. The van der Waals surface area contributed by atoms with E-state index in [0.29, 0.717) is 19.1 Å². The molecule has 1 amide bonds. The number of ether oxygens (including phenoxy) is 1. The molecule has 1 saturated heterocycles. The third-order valence-electron chi connectivity index (χ3n) is 4.01. The Morgan fingerprint density at radius 3 is 2.75 bits per heavy atom. The van der Waals surface area contributed by atoms with Crippen LogP contribution in [-0.2, 0) is 4.74 Å². The quantitative estimate of drug-likeness (QED) is 0.802. The molecule has 0 aliphatic carbocycles. The predicted molar refractivity (Wildman–Crippen MR) is 98.2 cm³/mol. The van der Waals surface area contributed by atoms with Gasteiger partial charge in [0, 0.05) is 29.0 Å². The van der Waals surface area contributed by atoms with E-state index in [0.717, 1.165) is 34.0 Å². The Morgan fingerprint density at radius 2 is 2.08 bits per heavy atom. The summed E-state index contributed by atoms with van der Waals surface area (Å²) in [5.41, 5.74) is 0.548. The standard InChI is InChI=1S/C17H23BrN4O2/c1-17(2,3)24-16(23)22-8-6-12(7-9-22)19-15-13-5-4-11(18)10-14(13)20-21-15/h4-5,10,12H,6-9H2,1-3H3,(H2,19,20,21). The van der Waals surface area contributed by atoms with E-state index in [-0.39, 0.29) is 6.09 Å². The molecule has 0 bridgehead atoms. The minimum Gasteiger partial charge on any atom is -0.444 e. The first-order valence-corrected chi connectivity index (χ1v) is 8.99. The highest BCUT2D eigenvalue weighted by molar-refractivity contribution is 9.10. The van der Waals surface area contributed by atoms with Gasteiger partial charge in [0.15, 0.2) is 5.82 Å². The zero-order chi connectivity index (χ0) is 17.3. The van der Waals surface area contributed by atoms with Gasteiger partial charge in [-0.1, -0.05) is 15.9 Å². The van der Waals surface area contributed by atoms with Gasteiger partial charge in [-0.25, -0.2) is 4.79 Å². The number of hydrogen-bond donors (Lipinski definition) is 2. The first-order valence-electron chi connectivity index (χ1n) is 8.20. The lowest BCUT2D eigenvalue weighted by Gasteiger charge is -2.33. The molecule has 1 aromatic carbocycles. The third-order valence-corrected chi connectivity index (χ3v) is 4.51. The van der Waals surface area contributed by atoms with Crippen LogP contribution in [0.2, 0.25) is 0 Å². The van der Waals surface area contributed by atoms with Crippen LogP contribution in [0.3, 0.4) is 0 Å². The smallest absolute Gasteiger partial charge is 0.410 e. The SMILES string of the molecule is CC(C)(C)OC(=O)N1CCC(Nc2n[nH]c3cc(Br)ccc23)CC1. The highest BCUT2D eigenvalue weighted by atomic mass is 79.9. The maximum atomic E-state index is 12.1. The van der Waals surface area contributed by atoms with E-state index in [2.05, 4.69) is 31.4 Å². The van der Waals surface area contributed by atoms with Crippen molar-refractivity contribution in [2.75, 3.05) is 18.4 Å². The van der Waals surface area contributed by atoms with Crippen LogP contribution in [0.25, 0.3) is 10.9 Å². The fourth-order valence-electron chi connectivity index (χ4n) is 2.83. The fraction of sp³-hybridized carbons (Fsp3) is 0.529. The second-order valence-electron chi connectivity index (χ2n) is 7.15. The van der Waals surface area contributed by atoms with Crippen LogP contribution in [0.5, 0.6) is 0 Å². The number of hydrogen-bond acceptors (Lipinski definition) is 4. The lowest BCUT2D eigenvalue weighted by molar-refractivity contribution is 0.0210. The number of H-pyrrole nitrogens is 1. The summed E-state index contributed by atoms with van der Waals surface area (Å²) in [6.45, 7) is 7.06. The zero-order valence-corrected chi connectivity index (χ0v) is 15.8. The molecular weight excluding hydrogens is 372 g/mol. The zero-order valence-electron chi connectivity index (χ0n) is 14.2. The van der Waals surface area contributed by atoms with Gasteiger partial charge in [0.2, 0.25) is 0 Å². The highest BCUT2D eigenvalue weighted by Crippen LogP contribution is 2.26. The molecule has 6 nitrogen and oxygen atoms in total. The largest absolute Gasteiger partial charge is 0.444 e. The number of aromatic nitrogens is 2. The van der Waals surface area contributed by atoms with Crippen molar-refractivity contribution in [1.82, 2.24) is 15.1 Å². The summed E-state index contributed by atoms with van der Waals surface area (Å²) in [7, 11) is 0. The van der Waals surface area contributed by atoms with Gasteiger partial charge in [0.25, 0.3) is 0 Å². The number of aromatic amines is 1. The Balaban J connectivity index is 1.58. The summed E-state index contributed by atoms with van der Waals surface area (Å²) >= 11 is 3.46. The van der Waals surface area contributed by atoms with Crippen molar-refractivity contribution in [3.05, 3.63) is 22.7 Å². The van der Waals surface area contributed by atoms with Crippen molar-refractivity contribution in [3.63, 3.8) is 0 Å². The minimum absolute atomic E-state index is 0.226. The number of likely N-dealkylation sites (tertiary alicyclic amines) is 1. The van der Waals surface area contributed by atoms with Crippen molar-refractivity contribution in [2.24, 2.45) is 0 Å². The molecule has 1 aliphatic rings. The number of amides is 1. The molecule has 7 heteroatoms. The van der Waals surface area contributed by atoms with Gasteiger partial charge in [-0.3, -0.25) is 5.10 Å². The average molecular weight is 395 g/mol. The molecule has 0 saturated carbocycles. The van der Waals surface area contributed by atoms with Gasteiger partial charge in [-0.05, 0) is 51.8 Å². The maximum absolute atomic E-state index is 12.1. The molecule has 1 fully saturated rings. The molecule has 0 atom stereocenters. The number of nitrogens with one attached hydrogen (secondary N) is 2. The van der Waals surface area contributed by atoms with Crippen LogP contribution in [-0.4, -0.2) is 45.9 Å². The van der Waals surface area contributed by atoms with Crippen LogP contribution in [0.4, 0.5) is 10.6 Å². The number of nitrogens with zero attached hydrogens (tertiary/aromatic N) is 2. The summed E-state index contributed by atoms with van der Waals surface area (Å²) in [5.74, 6) is 0.869. The molecule has 2 aromatic rings. The van der Waals surface area contributed by atoms with Crippen LogP contribution >= 0.6 is 15.9 Å². The molecule has 2 heterocycles. The topological polar surface area (TPSA) is 70.2 Å². The summed E-state index contributed by atoms with van der Waals surface area (Å²) in [6, 6.07) is 6.37. The van der Waals surface area contributed by atoms with E-state index in [1.165, 1.54) is 0 Å². The van der Waals surface area contributed by atoms with Crippen LogP contribution in [0, 0.1) is 0 Å². The Bertz CT molecular complexity index is 730. The summed E-state index contributed by atoms with van der Waals surface area (Å²) in [5, 5.41) is 12.0. The monoisotopic (exact) mass is 394 g/mol. The number of halogens is 1. The Hall–Kier alpha value is -1.76. The van der Waals surface area contributed by atoms with Crippen molar-refractivity contribution < 1.29 is 9.53 Å². The molecule has 1 aromatic heterocycles. The third kappa shape index (κ3) is 4.01. The number of carbonyl (C=O) groups is 1. The van der Waals surface area contributed by atoms with Gasteiger partial charge in [-0.2, -0.15) is 5.10 Å². The number of carbonyl (C=O) groups excluding carboxylic acids is 1. The minimum atomic E-state index is -0.450. The molecule has 130 valence electrons. The van der Waals surface area contributed by atoms with E-state index >= 15 is 0 Å². The van der Waals surface area contributed by atoms with Crippen LogP contribution < -0.4 is 5.32 Å². The molecule has 24 heavy (non-hydrogen) atoms. The van der Waals surface area contributed by atoms with E-state index < -0.39 is 5.60 Å². The van der Waals surface area contributed by atoms with Crippen molar-refractivity contribution in [3.8, 4) is 0 Å². The number of rotatable bonds is 2. The van der Waals surface area contributed by atoms with Crippen LogP contribution in [0.15, 0.2) is 22.7 Å². The van der Waals surface area contributed by atoms with Crippen molar-refractivity contribution in [2.45, 2.75) is 45.3 Å². The molecule has 0 radical (unpaired) electrons. The number of benzene rings is 1. The number of piperidine rings is 1. The Morgan fingerprint density at radius 1 is 1.38 bits per heavy atom. The highest BCUT2D eigenvalue weighted by Gasteiger charge is 2.27. The molecule has 0 spiro atoms. The van der Waals surface area contributed by atoms with Gasteiger partial charge < -0.3 is 15.0 Å². The van der Waals surface area contributed by atoms with E-state index in [4.69, 9.17) is 4.74 Å². The Kier molecular flexibility index (Phi) is 4.71. The fourth-order valence-corrected chi connectivity index (χ4v) is 3.19. The molecule has 0 unspecified atom stereocenters. The average Bonchev–Trinajstić information content (AvgIpc) is 2.88. The Labute approximate surface area is 150 Å². The second kappa shape index (κ2) is 6.63. The summed E-state index contributed by atoms with van der Waals surface area (Å²) in [4.78, 5) is 13.9. The van der Waals surface area contributed by atoms with E-state index in [1.54, 1.807) is 4.90 Å². The van der Waals surface area contributed by atoms with Gasteiger partial charge in [-0.15, -0.1) is 0 Å². The normalized spacial score (nSPS) is 16.4. The first kappa shape index (κ1) is 17.1. The van der Waals surface area contributed by atoms with Crippen LogP contribution in [0.1, 0.15) is 33.6 Å². The van der Waals surface area contributed by atoms with Crippen molar-refractivity contribution in [1.29, 1.82) is 0 Å². The second-order valence-corrected chi connectivity index (χ2v) is 8.06. The summed E-state index contributed by atoms with van der Waals surface area (Å²) in [6.07, 6.45) is 1.53.